The average Bonchev–Trinajstić information content (AvgIpc) is 2.98. The summed E-state index contributed by atoms with van der Waals surface area (Å²) >= 11 is 0. The van der Waals surface area contributed by atoms with Crippen LogP contribution < -0.4 is 0 Å². The van der Waals surface area contributed by atoms with Crippen molar-refractivity contribution in [3.8, 4) is 0 Å². The molecule has 2 aliphatic rings. The van der Waals surface area contributed by atoms with E-state index >= 15 is 0 Å². The molecular weight excluding hydrogens is 248 g/mol. The van der Waals surface area contributed by atoms with Crippen molar-refractivity contribution in [2.45, 2.75) is 32.1 Å². The Kier molecular flexibility index (Phi) is 3.95. The monoisotopic (exact) mass is 272 g/mol. The fourth-order valence-electron chi connectivity index (χ4n) is 3.33. The van der Waals surface area contributed by atoms with E-state index in [9.17, 15) is 4.79 Å². The van der Waals surface area contributed by atoms with Crippen molar-refractivity contribution in [3.63, 3.8) is 0 Å². The molecule has 108 valence electrons. The fourth-order valence-corrected chi connectivity index (χ4v) is 3.33. The third-order valence-electron chi connectivity index (χ3n) is 4.78. The number of hydrogen-bond donors (Lipinski definition) is 0. The maximum Gasteiger partial charge on any atom is 0.320 e. The largest absolute Gasteiger partial charge is 0.325 e. The highest BCUT2D eigenvalue weighted by atomic mass is 16.2. The smallest absolute Gasteiger partial charge is 0.320 e. The molecule has 1 aromatic rings. The second-order valence-corrected chi connectivity index (χ2v) is 6.29. The van der Waals surface area contributed by atoms with Gasteiger partial charge in [0.2, 0.25) is 0 Å². The second-order valence-electron chi connectivity index (χ2n) is 6.29. The van der Waals surface area contributed by atoms with Gasteiger partial charge in [0.05, 0.1) is 0 Å². The molecule has 20 heavy (non-hydrogen) atoms. The molecule has 0 radical (unpaired) electrons. The SMILES string of the molecule is CC1CCN(C(=O)N2CCC(c3ccccc3)C2)CC1. The molecule has 0 aliphatic carbocycles. The summed E-state index contributed by atoms with van der Waals surface area (Å²) in [5.74, 6) is 1.29. The number of carbonyl (C=O) groups is 1. The van der Waals surface area contributed by atoms with Crippen LogP contribution in [0.15, 0.2) is 30.3 Å². The first-order valence-corrected chi connectivity index (χ1v) is 7.83. The molecule has 3 nitrogen and oxygen atoms in total. The Balaban J connectivity index is 1.58. The van der Waals surface area contributed by atoms with E-state index in [1.165, 1.54) is 5.56 Å². The minimum absolute atomic E-state index is 0.260. The van der Waals surface area contributed by atoms with Crippen LogP contribution in [0, 0.1) is 5.92 Å². The van der Waals surface area contributed by atoms with Gasteiger partial charge in [0.1, 0.15) is 0 Å². The normalized spacial score (nSPS) is 24.1. The molecule has 3 heteroatoms. The van der Waals surface area contributed by atoms with Crippen LogP contribution in [0.1, 0.15) is 37.7 Å². The maximum atomic E-state index is 12.5. The highest BCUT2D eigenvalue weighted by molar-refractivity contribution is 5.75. The highest BCUT2D eigenvalue weighted by Crippen LogP contribution is 2.28. The van der Waals surface area contributed by atoms with E-state index in [0.29, 0.717) is 5.92 Å². The van der Waals surface area contributed by atoms with E-state index < -0.39 is 0 Å². The third kappa shape index (κ3) is 2.82. The molecule has 1 aromatic carbocycles. The Morgan fingerprint density at radius 3 is 2.35 bits per heavy atom. The van der Waals surface area contributed by atoms with Gasteiger partial charge in [-0.1, -0.05) is 37.3 Å². The van der Waals surface area contributed by atoms with Crippen molar-refractivity contribution >= 4 is 6.03 Å². The van der Waals surface area contributed by atoms with Gasteiger partial charge in [0.15, 0.2) is 0 Å². The number of hydrogen-bond acceptors (Lipinski definition) is 1. The summed E-state index contributed by atoms with van der Waals surface area (Å²) in [7, 11) is 0. The van der Waals surface area contributed by atoms with E-state index in [1.807, 2.05) is 9.80 Å². The zero-order chi connectivity index (χ0) is 13.9. The molecule has 2 fully saturated rings. The molecule has 0 spiro atoms. The second kappa shape index (κ2) is 5.86. The fraction of sp³-hybridized carbons (Fsp3) is 0.588. The molecule has 2 heterocycles. The van der Waals surface area contributed by atoms with Crippen LogP contribution in [0.4, 0.5) is 4.79 Å². The molecule has 0 saturated carbocycles. The number of benzene rings is 1. The van der Waals surface area contributed by atoms with Crippen LogP contribution in [0.2, 0.25) is 0 Å². The summed E-state index contributed by atoms with van der Waals surface area (Å²) in [5, 5.41) is 0. The molecule has 3 rings (SSSR count). The summed E-state index contributed by atoms with van der Waals surface area (Å²) in [5.41, 5.74) is 1.37. The summed E-state index contributed by atoms with van der Waals surface area (Å²) in [6.45, 7) is 5.95. The number of likely N-dealkylation sites (tertiary alicyclic amines) is 2. The molecule has 0 bridgehead atoms. The third-order valence-corrected chi connectivity index (χ3v) is 4.78. The van der Waals surface area contributed by atoms with Gasteiger partial charge in [-0.3, -0.25) is 0 Å². The van der Waals surface area contributed by atoms with Crippen LogP contribution in [-0.2, 0) is 0 Å². The Bertz CT molecular complexity index is 451. The number of piperidine rings is 1. The first-order valence-electron chi connectivity index (χ1n) is 7.83. The summed E-state index contributed by atoms with van der Waals surface area (Å²) in [4.78, 5) is 16.6. The van der Waals surface area contributed by atoms with E-state index in [4.69, 9.17) is 0 Å². The van der Waals surface area contributed by atoms with Gasteiger partial charge < -0.3 is 9.80 Å². The van der Waals surface area contributed by atoms with E-state index in [0.717, 1.165) is 51.4 Å². The van der Waals surface area contributed by atoms with Crippen molar-refractivity contribution in [1.82, 2.24) is 9.80 Å². The highest BCUT2D eigenvalue weighted by Gasteiger charge is 2.31. The zero-order valence-electron chi connectivity index (χ0n) is 12.3. The van der Waals surface area contributed by atoms with Crippen LogP contribution in [0.3, 0.4) is 0 Å². The Morgan fingerprint density at radius 1 is 1.00 bits per heavy atom. The summed E-state index contributed by atoms with van der Waals surface area (Å²) in [6.07, 6.45) is 3.41. The molecule has 2 amide bonds. The quantitative estimate of drug-likeness (QED) is 0.769. The number of amides is 2. The van der Waals surface area contributed by atoms with Crippen molar-refractivity contribution in [2.75, 3.05) is 26.2 Å². The maximum absolute atomic E-state index is 12.5. The molecule has 1 unspecified atom stereocenters. The van der Waals surface area contributed by atoms with Gasteiger partial charge in [-0.25, -0.2) is 4.79 Å². The Hall–Kier alpha value is -1.51. The lowest BCUT2D eigenvalue weighted by Crippen LogP contribution is -2.45. The minimum atomic E-state index is 0.260. The first-order chi connectivity index (χ1) is 9.74. The Labute approximate surface area is 121 Å². The zero-order valence-corrected chi connectivity index (χ0v) is 12.3. The summed E-state index contributed by atoms with van der Waals surface area (Å²) < 4.78 is 0. The van der Waals surface area contributed by atoms with Crippen LogP contribution in [-0.4, -0.2) is 42.0 Å². The predicted molar refractivity (Wildman–Crippen MR) is 80.7 cm³/mol. The lowest BCUT2D eigenvalue weighted by atomic mass is 9.99. The standard InChI is InChI=1S/C17H24N2O/c1-14-7-10-18(11-8-14)17(20)19-12-9-16(13-19)15-5-3-2-4-6-15/h2-6,14,16H,7-13H2,1H3. The van der Waals surface area contributed by atoms with E-state index in [-0.39, 0.29) is 6.03 Å². The number of nitrogens with zero attached hydrogens (tertiary/aromatic N) is 2. The van der Waals surface area contributed by atoms with Gasteiger partial charge in [0.25, 0.3) is 0 Å². The topological polar surface area (TPSA) is 23.6 Å². The number of rotatable bonds is 1. The molecule has 0 aromatic heterocycles. The van der Waals surface area contributed by atoms with Gasteiger partial charge in [-0.2, -0.15) is 0 Å². The lowest BCUT2D eigenvalue weighted by Gasteiger charge is -2.33. The molecule has 2 saturated heterocycles. The van der Waals surface area contributed by atoms with Crippen LogP contribution >= 0.6 is 0 Å². The lowest BCUT2D eigenvalue weighted by molar-refractivity contribution is 0.142. The number of urea groups is 1. The van der Waals surface area contributed by atoms with E-state index in [2.05, 4.69) is 37.3 Å². The minimum Gasteiger partial charge on any atom is -0.325 e. The van der Waals surface area contributed by atoms with Crippen LogP contribution in [0.25, 0.3) is 0 Å². The van der Waals surface area contributed by atoms with Gasteiger partial charge >= 0.3 is 6.03 Å². The summed E-state index contributed by atoms with van der Waals surface area (Å²) in [6, 6.07) is 10.9. The van der Waals surface area contributed by atoms with E-state index in [1.54, 1.807) is 0 Å². The van der Waals surface area contributed by atoms with Crippen LogP contribution in [0.5, 0.6) is 0 Å². The molecule has 2 aliphatic heterocycles. The molecule has 0 N–H and O–H groups in total. The van der Waals surface area contributed by atoms with Crippen molar-refractivity contribution in [1.29, 1.82) is 0 Å². The number of carbonyl (C=O) groups excluding carboxylic acids is 1. The average molecular weight is 272 g/mol. The predicted octanol–water partition coefficient (Wildman–Crippen LogP) is 3.33. The van der Waals surface area contributed by atoms with Gasteiger partial charge in [-0.15, -0.1) is 0 Å². The van der Waals surface area contributed by atoms with Gasteiger partial charge in [-0.05, 0) is 30.7 Å². The molecular formula is C17H24N2O. The van der Waals surface area contributed by atoms with Crippen molar-refractivity contribution in [3.05, 3.63) is 35.9 Å². The molecule has 1 atom stereocenters. The van der Waals surface area contributed by atoms with Crippen molar-refractivity contribution in [2.24, 2.45) is 5.92 Å². The van der Waals surface area contributed by atoms with Gasteiger partial charge in [0, 0.05) is 32.1 Å². The van der Waals surface area contributed by atoms with Crippen molar-refractivity contribution < 1.29 is 4.79 Å². The first kappa shape index (κ1) is 13.5. The Morgan fingerprint density at radius 2 is 1.65 bits per heavy atom.